The molecule has 0 amide bonds. The van der Waals surface area contributed by atoms with Gasteiger partial charge in [-0.1, -0.05) is 12.5 Å². The summed E-state index contributed by atoms with van der Waals surface area (Å²) in [7, 11) is 1.55. The molecular weight excluding hydrogens is 226 g/mol. The number of rotatable bonds is 3. The zero-order chi connectivity index (χ0) is 10.8. The van der Waals surface area contributed by atoms with Gasteiger partial charge in [-0.25, -0.2) is 0 Å². The number of phenolic OH excluding ortho intramolecular Hbond substituents is 1. The van der Waals surface area contributed by atoms with Crippen molar-refractivity contribution in [2.24, 2.45) is 11.7 Å². The van der Waals surface area contributed by atoms with Gasteiger partial charge in [-0.15, -0.1) is 12.4 Å². The number of halogens is 1. The van der Waals surface area contributed by atoms with Gasteiger partial charge in [0.15, 0.2) is 11.5 Å². The Bertz CT molecular complexity index is 353. The van der Waals surface area contributed by atoms with E-state index in [4.69, 9.17) is 10.5 Å². The quantitative estimate of drug-likeness (QED) is 0.858. The summed E-state index contributed by atoms with van der Waals surface area (Å²) in [5.41, 5.74) is 7.19. The van der Waals surface area contributed by atoms with Gasteiger partial charge in [-0.3, -0.25) is 0 Å². The van der Waals surface area contributed by atoms with E-state index < -0.39 is 0 Å². The van der Waals surface area contributed by atoms with Crippen LogP contribution in [-0.2, 0) is 0 Å². The van der Waals surface area contributed by atoms with E-state index in [1.807, 2.05) is 12.1 Å². The molecule has 4 heteroatoms. The number of benzene rings is 1. The molecule has 1 aliphatic rings. The molecule has 0 spiro atoms. The number of methoxy groups -OCH3 is 1. The minimum atomic E-state index is 0. The van der Waals surface area contributed by atoms with Gasteiger partial charge >= 0.3 is 0 Å². The van der Waals surface area contributed by atoms with Gasteiger partial charge < -0.3 is 15.6 Å². The molecule has 2 rings (SSSR count). The lowest BCUT2D eigenvalue weighted by Gasteiger charge is -2.31. The lowest BCUT2D eigenvalue weighted by molar-refractivity contribution is 0.263. The van der Waals surface area contributed by atoms with Crippen molar-refractivity contribution >= 4 is 12.4 Å². The Morgan fingerprint density at radius 3 is 2.62 bits per heavy atom. The monoisotopic (exact) mass is 243 g/mol. The van der Waals surface area contributed by atoms with Crippen molar-refractivity contribution in [2.75, 3.05) is 7.11 Å². The van der Waals surface area contributed by atoms with Crippen molar-refractivity contribution in [1.82, 2.24) is 0 Å². The van der Waals surface area contributed by atoms with Gasteiger partial charge in [0.1, 0.15) is 0 Å². The zero-order valence-corrected chi connectivity index (χ0v) is 10.2. The van der Waals surface area contributed by atoms with Gasteiger partial charge in [0.25, 0.3) is 0 Å². The summed E-state index contributed by atoms with van der Waals surface area (Å²) in [6.07, 6.45) is 3.71. The molecule has 1 fully saturated rings. The fourth-order valence-corrected chi connectivity index (χ4v) is 1.97. The number of ether oxygens (including phenoxy) is 1. The molecule has 0 aromatic heterocycles. The molecule has 0 unspecified atom stereocenters. The first-order valence-corrected chi connectivity index (χ1v) is 5.35. The summed E-state index contributed by atoms with van der Waals surface area (Å²) in [5, 5.41) is 9.46. The molecule has 0 bridgehead atoms. The van der Waals surface area contributed by atoms with Crippen LogP contribution >= 0.6 is 12.4 Å². The Labute approximate surface area is 102 Å². The highest BCUT2D eigenvalue weighted by atomic mass is 35.5. The Balaban J connectivity index is 0.00000128. The predicted molar refractivity (Wildman–Crippen MR) is 66.2 cm³/mol. The number of aromatic hydroxyl groups is 1. The van der Waals surface area contributed by atoms with E-state index in [2.05, 4.69) is 0 Å². The third-order valence-electron chi connectivity index (χ3n) is 3.25. The van der Waals surface area contributed by atoms with Crippen LogP contribution in [0.1, 0.15) is 30.9 Å². The Hall–Kier alpha value is -0.930. The van der Waals surface area contributed by atoms with E-state index in [0.717, 1.165) is 5.56 Å². The van der Waals surface area contributed by atoms with Gasteiger partial charge in [0, 0.05) is 6.04 Å². The number of phenols is 1. The highest BCUT2D eigenvalue weighted by Gasteiger charge is 2.25. The van der Waals surface area contributed by atoms with Crippen LogP contribution in [0.4, 0.5) is 0 Å². The maximum atomic E-state index is 9.46. The predicted octanol–water partition coefficient (Wildman–Crippen LogP) is 2.62. The first-order chi connectivity index (χ1) is 7.22. The summed E-state index contributed by atoms with van der Waals surface area (Å²) in [6, 6.07) is 5.43. The first-order valence-electron chi connectivity index (χ1n) is 5.35. The Morgan fingerprint density at radius 1 is 1.44 bits per heavy atom. The SMILES string of the molecule is COc1cc([C@@H](N)C2CCC2)ccc1O.Cl. The highest BCUT2D eigenvalue weighted by molar-refractivity contribution is 5.85. The van der Waals surface area contributed by atoms with Crippen LogP contribution < -0.4 is 10.5 Å². The minimum Gasteiger partial charge on any atom is -0.504 e. The molecule has 1 aliphatic carbocycles. The summed E-state index contributed by atoms with van der Waals surface area (Å²) < 4.78 is 5.06. The second-order valence-electron chi connectivity index (χ2n) is 4.15. The van der Waals surface area contributed by atoms with Gasteiger partial charge in [-0.2, -0.15) is 0 Å². The first kappa shape index (κ1) is 13.1. The molecule has 0 saturated heterocycles. The fraction of sp³-hybridized carbons (Fsp3) is 0.500. The molecule has 90 valence electrons. The van der Waals surface area contributed by atoms with Crippen LogP contribution in [0.2, 0.25) is 0 Å². The maximum Gasteiger partial charge on any atom is 0.160 e. The summed E-state index contributed by atoms with van der Waals surface area (Å²) in [5.74, 6) is 1.27. The lowest BCUT2D eigenvalue weighted by atomic mass is 9.77. The molecule has 1 atom stereocenters. The molecule has 16 heavy (non-hydrogen) atoms. The fourth-order valence-electron chi connectivity index (χ4n) is 1.97. The van der Waals surface area contributed by atoms with E-state index in [0.29, 0.717) is 11.7 Å². The second kappa shape index (κ2) is 5.41. The van der Waals surface area contributed by atoms with Gasteiger partial charge in [-0.05, 0) is 36.5 Å². The molecule has 3 N–H and O–H groups in total. The normalized spacial score (nSPS) is 17.1. The van der Waals surface area contributed by atoms with Crippen molar-refractivity contribution in [1.29, 1.82) is 0 Å². The van der Waals surface area contributed by atoms with Crippen molar-refractivity contribution in [3.05, 3.63) is 23.8 Å². The molecule has 1 aromatic carbocycles. The molecule has 0 radical (unpaired) electrons. The van der Waals surface area contributed by atoms with E-state index in [1.54, 1.807) is 13.2 Å². The topological polar surface area (TPSA) is 55.5 Å². The van der Waals surface area contributed by atoms with E-state index in [9.17, 15) is 5.11 Å². The average Bonchev–Trinajstić information content (AvgIpc) is 2.15. The standard InChI is InChI=1S/C12H17NO2.ClH/c1-15-11-7-9(5-6-10(11)14)12(13)8-3-2-4-8;/h5-8,12,14H,2-4,13H2,1H3;1H/t12-;/m0./s1. The highest BCUT2D eigenvalue weighted by Crippen LogP contribution is 2.38. The molecule has 3 nitrogen and oxygen atoms in total. The van der Waals surface area contributed by atoms with E-state index >= 15 is 0 Å². The van der Waals surface area contributed by atoms with Crippen LogP contribution in [0.3, 0.4) is 0 Å². The Morgan fingerprint density at radius 2 is 2.12 bits per heavy atom. The molecule has 1 saturated carbocycles. The van der Waals surface area contributed by atoms with Crippen LogP contribution in [0, 0.1) is 5.92 Å². The Kier molecular flexibility index (Phi) is 4.44. The maximum absolute atomic E-state index is 9.46. The van der Waals surface area contributed by atoms with Crippen molar-refractivity contribution in [3.63, 3.8) is 0 Å². The third-order valence-corrected chi connectivity index (χ3v) is 3.25. The summed E-state index contributed by atoms with van der Waals surface area (Å²) in [6.45, 7) is 0. The van der Waals surface area contributed by atoms with Crippen molar-refractivity contribution in [3.8, 4) is 11.5 Å². The minimum absolute atomic E-state index is 0. The van der Waals surface area contributed by atoms with Gasteiger partial charge in [0.05, 0.1) is 7.11 Å². The molecular formula is C12H18ClNO2. The van der Waals surface area contributed by atoms with E-state index in [-0.39, 0.29) is 24.2 Å². The number of hydrogen-bond acceptors (Lipinski definition) is 3. The number of nitrogens with two attached hydrogens (primary N) is 1. The molecule has 1 aromatic rings. The van der Waals surface area contributed by atoms with Crippen LogP contribution in [0.25, 0.3) is 0 Å². The van der Waals surface area contributed by atoms with E-state index in [1.165, 1.54) is 19.3 Å². The van der Waals surface area contributed by atoms with Gasteiger partial charge in [0.2, 0.25) is 0 Å². The lowest BCUT2D eigenvalue weighted by Crippen LogP contribution is -2.26. The smallest absolute Gasteiger partial charge is 0.160 e. The van der Waals surface area contributed by atoms with Crippen LogP contribution in [-0.4, -0.2) is 12.2 Å². The molecule has 0 aliphatic heterocycles. The van der Waals surface area contributed by atoms with Crippen molar-refractivity contribution < 1.29 is 9.84 Å². The van der Waals surface area contributed by atoms with Crippen LogP contribution in [0.15, 0.2) is 18.2 Å². The third kappa shape index (κ3) is 2.42. The molecule has 0 heterocycles. The van der Waals surface area contributed by atoms with Crippen molar-refractivity contribution in [2.45, 2.75) is 25.3 Å². The second-order valence-corrected chi connectivity index (χ2v) is 4.15. The summed E-state index contributed by atoms with van der Waals surface area (Å²) >= 11 is 0. The summed E-state index contributed by atoms with van der Waals surface area (Å²) in [4.78, 5) is 0. The zero-order valence-electron chi connectivity index (χ0n) is 9.35. The van der Waals surface area contributed by atoms with Crippen LogP contribution in [0.5, 0.6) is 11.5 Å². The average molecular weight is 244 g/mol. The largest absolute Gasteiger partial charge is 0.504 e. The number of hydrogen-bond donors (Lipinski definition) is 2.